The minimum atomic E-state index is -4.23. The normalized spacial score (nSPS) is 14.1. The third kappa shape index (κ3) is 8.63. The number of sulfonamides is 1. The van der Waals surface area contributed by atoms with Gasteiger partial charge in [0.25, 0.3) is 10.0 Å². The molecule has 0 radical (unpaired) electrons. The van der Waals surface area contributed by atoms with Gasteiger partial charge in [0.1, 0.15) is 18.3 Å². The van der Waals surface area contributed by atoms with Crippen LogP contribution in [-0.4, -0.2) is 50.9 Å². The van der Waals surface area contributed by atoms with Crippen LogP contribution < -0.4 is 14.4 Å². The lowest BCUT2D eigenvalue weighted by Gasteiger charge is -2.35. The summed E-state index contributed by atoms with van der Waals surface area (Å²) in [6.07, 6.45) is 5.30. The number of benzene rings is 4. The van der Waals surface area contributed by atoms with E-state index in [1.807, 2.05) is 68.4 Å². The first kappa shape index (κ1) is 34.7. The quantitative estimate of drug-likeness (QED) is 0.174. The highest BCUT2D eigenvalue weighted by Crippen LogP contribution is 2.33. The molecule has 4 aromatic rings. The van der Waals surface area contributed by atoms with Crippen molar-refractivity contribution in [3.63, 3.8) is 0 Å². The van der Waals surface area contributed by atoms with Gasteiger partial charge in [-0.05, 0) is 62.1 Å². The summed E-state index contributed by atoms with van der Waals surface area (Å²) in [4.78, 5) is 30.6. The van der Waals surface area contributed by atoms with Gasteiger partial charge in [0.05, 0.1) is 17.7 Å². The Morgan fingerprint density at radius 3 is 2.04 bits per heavy atom. The van der Waals surface area contributed by atoms with Crippen molar-refractivity contribution < 1.29 is 22.7 Å². The molecular formula is C39H45N3O5S. The largest absolute Gasteiger partial charge is 0.495 e. The number of rotatable bonds is 13. The van der Waals surface area contributed by atoms with E-state index in [1.54, 1.807) is 41.3 Å². The molecule has 9 heteroatoms. The van der Waals surface area contributed by atoms with Gasteiger partial charge in [-0.1, -0.05) is 109 Å². The van der Waals surface area contributed by atoms with E-state index >= 15 is 0 Å². The molecule has 5 rings (SSSR count). The fourth-order valence-electron chi connectivity index (χ4n) is 6.18. The molecule has 0 bridgehead atoms. The van der Waals surface area contributed by atoms with Crippen LogP contribution in [0.4, 0.5) is 5.69 Å². The maximum atomic E-state index is 14.8. The molecule has 1 unspecified atom stereocenters. The van der Waals surface area contributed by atoms with Gasteiger partial charge < -0.3 is 15.0 Å². The van der Waals surface area contributed by atoms with Crippen molar-refractivity contribution in [2.45, 2.75) is 75.9 Å². The van der Waals surface area contributed by atoms with Gasteiger partial charge in [0, 0.05) is 19.0 Å². The number of anilines is 1. The Kier molecular flexibility index (Phi) is 11.5. The Morgan fingerprint density at radius 2 is 1.40 bits per heavy atom. The number of nitrogens with zero attached hydrogens (tertiary/aromatic N) is 2. The molecule has 1 N–H and O–H groups in total. The minimum absolute atomic E-state index is 0.0350. The number of methoxy groups -OCH3 is 1. The summed E-state index contributed by atoms with van der Waals surface area (Å²) in [5.74, 6) is -0.435. The van der Waals surface area contributed by atoms with E-state index in [0.29, 0.717) is 5.75 Å². The number of para-hydroxylation sites is 2. The molecule has 0 aliphatic heterocycles. The van der Waals surface area contributed by atoms with Crippen molar-refractivity contribution in [2.75, 3.05) is 18.0 Å². The van der Waals surface area contributed by atoms with E-state index in [1.165, 1.54) is 19.2 Å². The van der Waals surface area contributed by atoms with Crippen molar-refractivity contribution >= 4 is 27.5 Å². The van der Waals surface area contributed by atoms with Crippen LogP contribution in [0.1, 0.15) is 54.4 Å². The number of carbonyl (C=O) groups is 2. The monoisotopic (exact) mass is 667 g/mol. The van der Waals surface area contributed by atoms with E-state index in [0.717, 1.165) is 58.7 Å². The highest BCUT2D eigenvalue weighted by Gasteiger charge is 2.36. The second-order valence-corrected chi connectivity index (χ2v) is 14.4. The molecule has 1 fully saturated rings. The Balaban J connectivity index is 1.58. The summed E-state index contributed by atoms with van der Waals surface area (Å²) in [5.41, 5.74) is 3.94. The van der Waals surface area contributed by atoms with Crippen LogP contribution in [-0.2, 0) is 32.6 Å². The molecule has 1 saturated carbocycles. The number of ether oxygens (including phenoxy) is 1. The highest BCUT2D eigenvalue weighted by atomic mass is 32.2. The van der Waals surface area contributed by atoms with Crippen LogP contribution in [0.15, 0.2) is 108 Å². The predicted octanol–water partition coefficient (Wildman–Crippen LogP) is 6.60. The Morgan fingerprint density at radius 1 is 0.792 bits per heavy atom. The van der Waals surface area contributed by atoms with Gasteiger partial charge in [-0.25, -0.2) is 8.42 Å². The summed E-state index contributed by atoms with van der Waals surface area (Å²) in [5, 5.41) is 3.25. The van der Waals surface area contributed by atoms with Crippen molar-refractivity contribution in [3.8, 4) is 5.75 Å². The average Bonchev–Trinajstić information content (AvgIpc) is 3.10. The molecule has 0 aromatic heterocycles. The van der Waals surface area contributed by atoms with Gasteiger partial charge >= 0.3 is 0 Å². The number of amides is 2. The van der Waals surface area contributed by atoms with Crippen LogP contribution in [0.25, 0.3) is 0 Å². The van der Waals surface area contributed by atoms with Crippen molar-refractivity contribution in [3.05, 3.63) is 125 Å². The molecule has 8 nitrogen and oxygen atoms in total. The summed E-state index contributed by atoms with van der Waals surface area (Å²) < 4.78 is 35.4. The number of carbonyl (C=O) groups excluding carboxylic acids is 2. The maximum absolute atomic E-state index is 14.8. The average molecular weight is 668 g/mol. The highest BCUT2D eigenvalue weighted by molar-refractivity contribution is 7.92. The Bertz CT molecular complexity index is 1770. The molecule has 0 heterocycles. The van der Waals surface area contributed by atoms with Gasteiger partial charge in [-0.3, -0.25) is 13.9 Å². The molecule has 0 spiro atoms. The second kappa shape index (κ2) is 16.0. The molecule has 1 aliphatic carbocycles. The standard InChI is InChI=1S/C39H45N3O5S/c1-29-18-22-32(23-19-29)27-41(36(26-31-12-6-4-7-13-31)39(44)40-33-14-8-5-9-15-33)38(43)28-42(35-16-10-11-17-37(35)47-3)48(45,46)34-24-20-30(2)21-25-34/h4,6-7,10-13,16-25,33,36H,5,8-9,14-15,26-28H2,1-3H3,(H,40,44). The number of hydrogen-bond donors (Lipinski definition) is 1. The van der Waals surface area contributed by atoms with E-state index < -0.39 is 28.5 Å². The van der Waals surface area contributed by atoms with Crippen LogP contribution in [0.2, 0.25) is 0 Å². The molecule has 2 amide bonds. The number of aryl methyl sites for hydroxylation is 2. The zero-order valence-electron chi connectivity index (χ0n) is 28.0. The lowest BCUT2D eigenvalue weighted by molar-refractivity contribution is -0.140. The minimum Gasteiger partial charge on any atom is -0.495 e. The number of nitrogens with one attached hydrogen (secondary N) is 1. The lowest BCUT2D eigenvalue weighted by atomic mass is 9.94. The van der Waals surface area contributed by atoms with Gasteiger partial charge in [-0.2, -0.15) is 0 Å². The van der Waals surface area contributed by atoms with Crippen LogP contribution in [0.5, 0.6) is 5.75 Å². The summed E-state index contributed by atoms with van der Waals surface area (Å²) in [7, 11) is -2.77. The predicted molar refractivity (Wildman–Crippen MR) is 189 cm³/mol. The molecule has 4 aromatic carbocycles. The molecule has 0 saturated heterocycles. The van der Waals surface area contributed by atoms with E-state index in [4.69, 9.17) is 4.74 Å². The first-order chi connectivity index (χ1) is 23.2. The first-order valence-corrected chi connectivity index (χ1v) is 18.0. The smallest absolute Gasteiger partial charge is 0.264 e. The number of hydrogen-bond acceptors (Lipinski definition) is 5. The summed E-state index contributed by atoms with van der Waals surface area (Å²) >= 11 is 0. The SMILES string of the molecule is COc1ccccc1N(CC(=O)N(Cc1ccc(C)cc1)C(Cc1ccccc1)C(=O)NC1CCCCC1)S(=O)(=O)c1ccc(C)cc1. The zero-order valence-corrected chi connectivity index (χ0v) is 28.8. The van der Waals surface area contributed by atoms with E-state index in [2.05, 4.69) is 5.32 Å². The molecule has 252 valence electrons. The van der Waals surface area contributed by atoms with Gasteiger partial charge in [0.2, 0.25) is 11.8 Å². The van der Waals surface area contributed by atoms with Crippen LogP contribution in [0, 0.1) is 13.8 Å². The first-order valence-electron chi connectivity index (χ1n) is 16.6. The van der Waals surface area contributed by atoms with Crippen molar-refractivity contribution in [1.82, 2.24) is 10.2 Å². The van der Waals surface area contributed by atoms with E-state index in [9.17, 15) is 18.0 Å². The third-order valence-electron chi connectivity index (χ3n) is 8.94. The van der Waals surface area contributed by atoms with Gasteiger partial charge in [-0.15, -0.1) is 0 Å². The maximum Gasteiger partial charge on any atom is 0.264 e. The lowest BCUT2D eigenvalue weighted by Crippen LogP contribution is -2.55. The Labute approximate surface area is 284 Å². The van der Waals surface area contributed by atoms with Crippen molar-refractivity contribution in [1.29, 1.82) is 0 Å². The third-order valence-corrected chi connectivity index (χ3v) is 10.7. The van der Waals surface area contributed by atoms with Crippen molar-refractivity contribution in [2.24, 2.45) is 0 Å². The van der Waals surface area contributed by atoms with Gasteiger partial charge in [0.15, 0.2) is 0 Å². The topological polar surface area (TPSA) is 96.0 Å². The van der Waals surface area contributed by atoms with Crippen LogP contribution in [0.3, 0.4) is 0 Å². The zero-order chi connectivity index (χ0) is 34.1. The molecule has 48 heavy (non-hydrogen) atoms. The fraction of sp³-hybridized carbons (Fsp3) is 0.333. The van der Waals surface area contributed by atoms with Crippen LogP contribution >= 0.6 is 0 Å². The second-order valence-electron chi connectivity index (χ2n) is 12.6. The Hall–Kier alpha value is -4.63. The molecule has 1 atom stereocenters. The summed E-state index contributed by atoms with van der Waals surface area (Å²) in [6.45, 7) is 3.46. The van der Waals surface area contributed by atoms with E-state index in [-0.39, 0.29) is 35.5 Å². The fourth-order valence-corrected chi connectivity index (χ4v) is 7.60. The summed E-state index contributed by atoms with van der Waals surface area (Å²) in [6, 6.07) is 29.9. The molecule has 1 aliphatic rings. The molecular weight excluding hydrogens is 623 g/mol.